The fourth-order valence-corrected chi connectivity index (χ4v) is 3.84. The molecule has 0 aliphatic carbocycles. The number of hydrogen-bond donors (Lipinski definition) is 0. The van der Waals surface area contributed by atoms with Gasteiger partial charge in [-0.15, -0.1) is 0 Å². The van der Waals surface area contributed by atoms with E-state index in [1.54, 1.807) is 12.0 Å². The Hall–Kier alpha value is -2.24. The third kappa shape index (κ3) is 3.89. The number of rotatable bonds is 3. The van der Waals surface area contributed by atoms with E-state index >= 15 is 0 Å². The Morgan fingerprint density at radius 3 is 2.44 bits per heavy atom. The molecule has 25 heavy (non-hydrogen) atoms. The third-order valence-corrected chi connectivity index (χ3v) is 5.29. The molecule has 1 aromatic rings. The van der Waals surface area contributed by atoms with E-state index in [1.165, 1.54) is 12.7 Å². The molecule has 0 aromatic heterocycles. The van der Waals surface area contributed by atoms with E-state index in [0.29, 0.717) is 19.0 Å². The molecule has 3 rings (SSSR count). The van der Waals surface area contributed by atoms with Crippen LogP contribution in [0, 0.1) is 5.92 Å². The van der Waals surface area contributed by atoms with Crippen molar-refractivity contribution in [3.63, 3.8) is 0 Å². The quantitative estimate of drug-likeness (QED) is 0.844. The molecule has 2 amide bonds. The topological polar surface area (TPSA) is 59.1 Å². The fraction of sp³-hybridized carbons (Fsp3) is 0.579. The Morgan fingerprint density at radius 2 is 1.76 bits per heavy atom. The first-order valence-corrected chi connectivity index (χ1v) is 8.88. The Bertz CT molecular complexity index is 616. The summed E-state index contributed by atoms with van der Waals surface area (Å²) >= 11 is 0. The second kappa shape index (κ2) is 7.76. The number of hydrogen-bond acceptors (Lipinski definition) is 4. The minimum atomic E-state index is -0.338. The molecule has 0 bridgehead atoms. The molecule has 0 N–H and O–H groups in total. The summed E-state index contributed by atoms with van der Waals surface area (Å²) in [7, 11) is 3.04. The molecule has 136 valence electrons. The predicted octanol–water partition coefficient (Wildman–Crippen LogP) is 2.49. The van der Waals surface area contributed by atoms with E-state index < -0.39 is 0 Å². The molecule has 0 spiro atoms. The normalized spacial score (nSPS) is 23.4. The van der Waals surface area contributed by atoms with Crippen LogP contribution in [0.5, 0.6) is 5.75 Å². The molecule has 2 heterocycles. The number of benzene rings is 1. The van der Waals surface area contributed by atoms with Gasteiger partial charge in [0.15, 0.2) is 0 Å². The SMILES string of the molecule is COC(=O)N1CCCC(C(=O)N2CCC(c3ccc(OC)cc3)C2)C1. The summed E-state index contributed by atoms with van der Waals surface area (Å²) < 4.78 is 9.99. The van der Waals surface area contributed by atoms with Gasteiger partial charge in [0.05, 0.1) is 20.1 Å². The molecule has 2 atom stereocenters. The largest absolute Gasteiger partial charge is 0.497 e. The molecule has 2 aliphatic heterocycles. The Kier molecular flexibility index (Phi) is 5.46. The Morgan fingerprint density at radius 1 is 1.00 bits per heavy atom. The van der Waals surface area contributed by atoms with Crippen LogP contribution in [-0.4, -0.2) is 62.2 Å². The summed E-state index contributed by atoms with van der Waals surface area (Å²) in [6, 6.07) is 8.10. The zero-order valence-electron chi connectivity index (χ0n) is 14.9. The maximum atomic E-state index is 12.9. The van der Waals surface area contributed by atoms with Gasteiger partial charge in [0.2, 0.25) is 5.91 Å². The van der Waals surface area contributed by atoms with Crippen LogP contribution in [0.4, 0.5) is 4.79 Å². The lowest BCUT2D eigenvalue weighted by molar-refractivity contribution is -0.136. The van der Waals surface area contributed by atoms with Crippen molar-refractivity contribution < 1.29 is 19.1 Å². The van der Waals surface area contributed by atoms with Gasteiger partial charge < -0.3 is 19.3 Å². The molecule has 2 fully saturated rings. The summed E-state index contributed by atoms with van der Waals surface area (Å²) in [5.74, 6) is 1.28. The lowest BCUT2D eigenvalue weighted by Crippen LogP contribution is -2.46. The molecule has 2 unspecified atom stereocenters. The van der Waals surface area contributed by atoms with Gasteiger partial charge in [0.1, 0.15) is 5.75 Å². The molecule has 1 aromatic carbocycles. The van der Waals surface area contributed by atoms with Crippen LogP contribution in [0.3, 0.4) is 0 Å². The monoisotopic (exact) mass is 346 g/mol. The number of carbonyl (C=O) groups excluding carboxylic acids is 2. The van der Waals surface area contributed by atoms with Gasteiger partial charge in [0.25, 0.3) is 0 Å². The highest BCUT2D eigenvalue weighted by Gasteiger charge is 2.35. The molecule has 2 saturated heterocycles. The maximum absolute atomic E-state index is 12.9. The van der Waals surface area contributed by atoms with Crippen molar-refractivity contribution in [3.8, 4) is 5.75 Å². The van der Waals surface area contributed by atoms with Crippen molar-refractivity contribution in [2.75, 3.05) is 40.4 Å². The van der Waals surface area contributed by atoms with Crippen LogP contribution in [0.15, 0.2) is 24.3 Å². The summed E-state index contributed by atoms with van der Waals surface area (Å²) in [6.45, 7) is 2.67. The zero-order valence-corrected chi connectivity index (χ0v) is 14.9. The van der Waals surface area contributed by atoms with E-state index in [9.17, 15) is 9.59 Å². The molecular weight excluding hydrogens is 320 g/mol. The van der Waals surface area contributed by atoms with Gasteiger partial charge in [0, 0.05) is 32.1 Å². The van der Waals surface area contributed by atoms with Crippen LogP contribution in [0.25, 0.3) is 0 Å². The van der Waals surface area contributed by atoms with E-state index in [-0.39, 0.29) is 17.9 Å². The van der Waals surface area contributed by atoms with Crippen LogP contribution in [0.1, 0.15) is 30.7 Å². The lowest BCUT2D eigenvalue weighted by atomic mass is 9.96. The first-order chi connectivity index (χ1) is 12.1. The van der Waals surface area contributed by atoms with Gasteiger partial charge in [-0.05, 0) is 37.0 Å². The van der Waals surface area contributed by atoms with Crippen molar-refractivity contribution in [1.29, 1.82) is 0 Å². The first kappa shape index (κ1) is 17.6. The summed E-state index contributed by atoms with van der Waals surface area (Å²) in [6.07, 6.45) is 2.33. The third-order valence-electron chi connectivity index (χ3n) is 5.29. The smallest absolute Gasteiger partial charge is 0.409 e. The van der Waals surface area contributed by atoms with Crippen LogP contribution < -0.4 is 4.74 Å². The Labute approximate surface area is 148 Å². The molecule has 2 aliphatic rings. The predicted molar refractivity (Wildman–Crippen MR) is 93.6 cm³/mol. The van der Waals surface area contributed by atoms with Crippen LogP contribution in [-0.2, 0) is 9.53 Å². The number of ether oxygens (including phenoxy) is 2. The van der Waals surface area contributed by atoms with Crippen LogP contribution in [0.2, 0.25) is 0 Å². The molecule has 6 nitrogen and oxygen atoms in total. The van der Waals surface area contributed by atoms with Crippen molar-refractivity contribution in [2.45, 2.75) is 25.2 Å². The van der Waals surface area contributed by atoms with E-state index in [2.05, 4.69) is 12.1 Å². The second-order valence-corrected chi connectivity index (χ2v) is 6.80. The lowest BCUT2D eigenvalue weighted by Gasteiger charge is -2.33. The second-order valence-electron chi connectivity index (χ2n) is 6.80. The molecule has 0 saturated carbocycles. The average Bonchev–Trinajstić information content (AvgIpc) is 3.17. The van der Waals surface area contributed by atoms with Crippen molar-refractivity contribution in [1.82, 2.24) is 9.80 Å². The highest BCUT2D eigenvalue weighted by Crippen LogP contribution is 2.30. The zero-order chi connectivity index (χ0) is 17.8. The Balaban J connectivity index is 1.59. The minimum absolute atomic E-state index is 0.109. The van der Waals surface area contributed by atoms with Gasteiger partial charge in [-0.1, -0.05) is 12.1 Å². The maximum Gasteiger partial charge on any atom is 0.409 e. The van der Waals surface area contributed by atoms with E-state index in [4.69, 9.17) is 9.47 Å². The fourth-order valence-electron chi connectivity index (χ4n) is 3.84. The molecular formula is C19H26N2O4. The van der Waals surface area contributed by atoms with Crippen molar-refractivity contribution >= 4 is 12.0 Å². The summed E-state index contributed by atoms with van der Waals surface area (Å²) in [5, 5.41) is 0. The highest BCUT2D eigenvalue weighted by molar-refractivity contribution is 5.80. The number of nitrogens with zero attached hydrogens (tertiary/aromatic N) is 2. The number of methoxy groups -OCH3 is 2. The molecule has 6 heteroatoms. The van der Waals surface area contributed by atoms with Gasteiger partial charge in [-0.3, -0.25) is 4.79 Å². The first-order valence-electron chi connectivity index (χ1n) is 8.88. The number of amides is 2. The van der Waals surface area contributed by atoms with E-state index in [1.807, 2.05) is 17.0 Å². The molecule has 0 radical (unpaired) electrons. The minimum Gasteiger partial charge on any atom is -0.497 e. The average molecular weight is 346 g/mol. The number of piperidine rings is 1. The van der Waals surface area contributed by atoms with Crippen LogP contribution >= 0.6 is 0 Å². The highest BCUT2D eigenvalue weighted by atomic mass is 16.5. The summed E-state index contributed by atoms with van der Waals surface area (Å²) in [5.41, 5.74) is 1.25. The number of likely N-dealkylation sites (tertiary alicyclic amines) is 2. The van der Waals surface area contributed by atoms with Gasteiger partial charge in [-0.2, -0.15) is 0 Å². The van der Waals surface area contributed by atoms with Crippen molar-refractivity contribution in [2.24, 2.45) is 5.92 Å². The standard InChI is InChI=1S/C19H26N2O4/c1-24-17-7-5-14(6-8-17)15-9-11-20(12-15)18(22)16-4-3-10-21(13-16)19(23)25-2/h5-8,15-16H,3-4,9-13H2,1-2H3. The van der Waals surface area contributed by atoms with E-state index in [0.717, 1.165) is 38.1 Å². The summed E-state index contributed by atoms with van der Waals surface area (Å²) in [4.78, 5) is 28.2. The van der Waals surface area contributed by atoms with Gasteiger partial charge in [-0.25, -0.2) is 4.79 Å². The van der Waals surface area contributed by atoms with Gasteiger partial charge >= 0.3 is 6.09 Å². The van der Waals surface area contributed by atoms with Crippen molar-refractivity contribution in [3.05, 3.63) is 29.8 Å². The number of carbonyl (C=O) groups is 2.